The number of benzene rings is 1. The van der Waals surface area contributed by atoms with Gasteiger partial charge in [-0.1, -0.05) is 29.3 Å². The molecule has 2 rings (SSSR count). The third kappa shape index (κ3) is 4.03. The molecule has 1 unspecified atom stereocenters. The number of ether oxygens (including phenoxy) is 1. The Labute approximate surface area is 116 Å². The molecule has 1 heterocycles. The van der Waals surface area contributed by atoms with Crippen LogP contribution in [-0.4, -0.2) is 37.7 Å². The maximum atomic E-state index is 6.36. The Balaban J connectivity index is 1.92. The molecule has 3 nitrogen and oxygen atoms in total. The number of nitrogens with zero attached hydrogens (tertiary/aromatic N) is 1. The molecular weight excluding hydrogens is 236 g/mol. The van der Waals surface area contributed by atoms with E-state index < -0.39 is 0 Å². The van der Waals surface area contributed by atoms with Gasteiger partial charge in [0.05, 0.1) is 6.10 Å². The predicted molar refractivity (Wildman–Crippen MR) is 79.3 cm³/mol. The van der Waals surface area contributed by atoms with Crippen LogP contribution in [0.1, 0.15) is 35.6 Å². The Morgan fingerprint density at radius 1 is 1.21 bits per heavy atom. The van der Waals surface area contributed by atoms with E-state index in [-0.39, 0.29) is 6.04 Å². The van der Waals surface area contributed by atoms with Gasteiger partial charge in [-0.05, 0) is 32.3 Å². The summed E-state index contributed by atoms with van der Waals surface area (Å²) in [6.07, 6.45) is 2.68. The number of piperidine rings is 1. The van der Waals surface area contributed by atoms with Crippen LogP contribution in [0.3, 0.4) is 0 Å². The average Bonchev–Trinajstić information content (AvgIpc) is 2.38. The zero-order chi connectivity index (χ0) is 13.8. The van der Waals surface area contributed by atoms with Crippen LogP contribution in [0.5, 0.6) is 0 Å². The van der Waals surface area contributed by atoms with E-state index in [9.17, 15) is 0 Å². The van der Waals surface area contributed by atoms with E-state index in [4.69, 9.17) is 10.5 Å². The van der Waals surface area contributed by atoms with Crippen LogP contribution in [0.4, 0.5) is 0 Å². The van der Waals surface area contributed by atoms with Crippen molar-refractivity contribution in [2.75, 3.05) is 26.7 Å². The molecule has 0 bridgehead atoms. The number of hydrogen-bond acceptors (Lipinski definition) is 3. The third-order valence-corrected chi connectivity index (χ3v) is 4.00. The van der Waals surface area contributed by atoms with Gasteiger partial charge in [-0.2, -0.15) is 0 Å². The SMILES string of the molecule is COC1CCN(CC(N)c2cc(C)cc(C)c2)CC1. The lowest BCUT2D eigenvalue weighted by Gasteiger charge is -2.33. The second-order valence-electron chi connectivity index (χ2n) is 5.76. The quantitative estimate of drug-likeness (QED) is 0.905. The molecule has 0 aliphatic carbocycles. The normalized spacial score (nSPS) is 19.6. The second-order valence-corrected chi connectivity index (χ2v) is 5.76. The van der Waals surface area contributed by atoms with Crippen LogP contribution in [-0.2, 0) is 4.74 Å². The van der Waals surface area contributed by atoms with Gasteiger partial charge in [-0.3, -0.25) is 0 Å². The van der Waals surface area contributed by atoms with Gasteiger partial charge in [0.1, 0.15) is 0 Å². The van der Waals surface area contributed by atoms with E-state index in [1.807, 2.05) is 7.11 Å². The molecule has 1 aliphatic heterocycles. The van der Waals surface area contributed by atoms with Gasteiger partial charge in [0.15, 0.2) is 0 Å². The molecule has 106 valence electrons. The van der Waals surface area contributed by atoms with Gasteiger partial charge in [0.25, 0.3) is 0 Å². The van der Waals surface area contributed by atoms with Gasteiger partial charge < -0.3 is 15.4 Å². The predicted octanol–water partition coefficient (Wildman–Crippen LogP) is 2.41. The largest absolute Gasteiger partial charge is 0.381 e. The molecule has 1 atom stereocenters. The Kier molecular flexibility index (Phi) is 4.97. The molecule has 3 heteroatoms. The maximum absolute atomic E-state index is 6.36. The van der Waals surface area contributed by atoms with Gasteiger partial charge in [-0.15, -0.1) is 0 Å². The van der Waals surface area contributed by atoms with Crippen molar-refractivity contribution >= 4 is 0 Å². The van der Waals surface area contributed by atoms with Gasteiger partial charge in [0, 0.05) is 32.8 Å². The van der Waals surface area contributed by atoms with E-state index >= 15 is 0 Å². The first-order chi connectivity index (χ1) is 9.08. The molecule has 0 aromatic heterocycles. The van der Waals surface area contributed by atoms with Crippen LogP contribution in [0.25, 0.3) is 0 Å². The molecule has 1 aromatic carbocycles. The van der Waals surface area contributed by atoms with Crippen LogP contribution in [0, 0.1) is 13.8 Å². The highest BCUT2D eigenvalue weighted by Crippen LogP contribution is 2.19. The molecule has 19 heavy (non-hydrogen) atoms. The highest BCUT2D eigenvalue weighted by Gasteiger charge is 2.20. The minimum atomic E-state index is 0.109. The summed E-state index contributed by atoms with van der Waals surface area (Å²) in [6.45, 7) is 7.40. The molecule has 0 saturated carbocycles. The highest BCUT2D eigenvalue weighted by atomic mass is 16.5. The fraction of sp³-hybridized carbons (Fsp3) is 0.625. The van der Waals surface area contributed by atoms with E-state index in [1.54, 1.807) is 0 Å². The molecule has 1 aliphatic rings. The number of hydrogen-bond donors (Lipinski definition) is 1. The fourth-order valence-electron chi connectivity index (χ4n) is 2.94. The Hall–Kier alpha value is -0.900. The van der Waals surface area contributed by atoms with Crippen molar-refractivity contribution in [1.82, 2.24) is 4.90 Å². The summed E-state index contributed by atoms with van der Waals surface area (Å²) >= 11 is 0. The van der Waals surface area contributed by atoms with E-state index in [0.717, 1.165) is 32.5 Å². The summed E-state index contributed by atoms with van der Waals surface area (Å²) in [5.74, 6) is 0. The van der Waals surface area contributed by atoms with Crippen LogP contribution >= 0.6 is 0 Å². The van der Waals surface area contributed by atoms with E-state index in [2.05, 4.69) is 36.9 Å². The molecule has 1 saturated heterocycles. The van der Waals surface area contributed by atoms with Crippen LogP contribution in [0.15, 0.2) is 18.2 Å². The van der Waals surface area contributed by atoms with Gasteiger partial charge in [0.2, 0.25) is 0 Å². The number of likely N-dealkylation sites (tertiary alicyclic amines) is 1. The lowest BCUT2D eigenvalue weighted by Crippen LogP contribution is -2.40. The molecule has 2 N–H and O–H groups in total. The number of aryl methyl sites for hydroxylation is 2. The summed E-state index contributed by atoms with van der Waals surface area (Å²) < 4.78 is 5.40. The number of methoxy groups -OCH3 is 1. The fourth-order valence-corrected chi connectivity index (χ4v) is 2.94. The molecule has 1 aromatic rings. The third-order valence-electron chi connectivity index (χ3n) is 4.00. The zero-order valence-electron chi connectivity index (χ0n) is 12.4. The Morgan fingerprint density at radius 3 is 2.32 bits per heavy atom. The summed E-state index contributed by atoms with van der Waals surface area (Å²) in [6, 6.07) is 6.72. The summed E-state index contributed by atoms with van der Waals surface area (Å²) in [5.41, 5.74) is 10.2. The standard InChI is InChI=1S/C16H26N2O/c1-12-8-13(2)10-14(9-12)16(17)11-18-6-4-15(19-3)5-7-18/h8-10,15-16H,4-7,11,17H2,1-3H3. The van der Waals surface area contributed by atoms with Gasteiger partial charge in [-0.25, -0.2) is 0 Å². The Bertz CT molecular complexity index is 391. The van der Waals surface area contributed by atoms with Gasteiger partial charge >= 0.3 is 0 Å². The van der Waals surface area contributed by atoms with Crippen molar-refractivity contribution < 1.29 is 4.74 Å². The number of nitrogens with two attached hydrogens (primary N) is 1. The summed E-state index contributed by atoms with van der Waals surface area (Å²) in [7, 11) is 1.81. The minimum absolute atomic E-state index is 0.109. The molecule has 0 amide bonds. The topological polar surface area (TPSA) is 38.5 Å². The minimum Gasteiger partial charge on any atom is -0.381 e. The van der Waals surface area contributed by atoms with Crippen LogP contribution in [0.2, 0.25) is 0 Å². The molecule has 0 radical (unpaired) electrons. The Morgan fingerprint density at radius 2 is 1.79 bits per heavy atom. The zero-order valence-corrected chi connectivity index (χ0v) is 12.4. The van der Waals surface area contributed by atoms with E-state index in [1.165, 1.54) is 16.7 Å². The van der Waals surface area contributed by atoms with Crippen molar-refractivity contribution in [3.05, 3.63) is 34.9 Å². The highest BCUT2D eigenvalue weighted by molar-refractivity contribution is 5.30. The molecular formula is C16H26N2O. The van der Waals surface area contributed by atoms with Crippen molar-refractivity contribution in [3.63, 3.8) is 0 Å². The molecule has 0 spiro atoms. The summed E-state index contributed by atoms with van der Waals surface area (Å²) in [4.78, 5) is 2.46. The second kappa shape index (κ2) is 6.51. The molecule has 1 fully saturated rings. The van der Waals surface area contributed by atoms with Crippen molar-refractivity contribution in [2.45, 2.75) is 38.8 Å². The lowest BCUT2D eigenvalue weighted by molar-refractivity contribution is 0.0395. The van der Waals surface area contributed by atoms with Crippen molar-refractivity contribution in [1.29, 1.82) is 0 Å². The smallest absolute Gasteiger partial charge is 0.0595 e. The maximum Gasteiger partial charge on any atom is 0.0595 e. The first kappa shape index (κ1) is 14.5. The average molecular weight is 262 g/mol. The number of rotatable bonds is 4. The lowest BCUT2D eigenvalue weighted by atomic mass is 10.0. The first-order valence-corrected chi connectivity index (χ1v) is 7.17. The van der Waals surface area contributed by atoms with Crippen LogP contribution < -0.4 is 5.73 Å². The van der Waals surface area contributed by atoms with E-state index in [0.29, 0.717) is 6.10 Å². The van der Waals surface area contributed by atoms with Crippen molar-refractivity contribution in [3.8, 4) is 0 Å². The summed E-state index contributed by atoms with van der Waals surface area (Å²) in [5, 5.41) is 0. The monoisotopic (exact) mass is 262 g/mol. The van der Waals surface area contributed by atoms with Crippen molar-refractivity contribution in [2.24, 2.45) is 5.73 Å². The first-order valence-electron chi connectivity index (χ1n) is 7.17.